The minimum atomic E-state index is -2.98. The molecule has 1 aliphatic rings. The third kappa shape index (κ3) is 3.25. The molecule has 1 atom stereocenters. The van der Waals surface area contributed by atoms with Crippen molar-refractivity contribution in [3.63, 3.8) is 0 Å². The number of nitrogens with two attached hydrogens (primary N) is 1. The van der Waals surface area contributed by atoms with Crippen LogP contribution < -0.4 is 10.6 Å². The van der Waals surface area contributed by atoms with Gasteiger partial charge in [-0.05, 0) is 37.6 Å². The van der Waals surface area contributed by atoms with Crippen molar-refractivity contribution in [3.05, 3.63) is 29.6 Å². The molecule has 6 heteroatoms. The van der Waals surface area contributed by atoms with Gasteiger partial charge in [0.2, 0.25) is 0 Å². The third-order valence-corrected chi connectivity index (χ3v) is 5.22. The molecular formula is C13H19FN2O2S. The Morgan fingerprint density at radius 2 is 2.21 bits per heavy atom. The van der Waals surface area contributed by atoms with E-state index in [1.165, 1.54) is 6.07 Å². The lowest BCUT2D eigenvalue weighted by Gasteiger charge is -2.35. The van der Waals surface area contributed by atoms with Crippen LogP contribution in [-0.4, -0.2) is 39.1 Å². The Hall–Kier alpha value is -1.14. The molecule has 0 bridgehead atoms. The van der Waals surface area contributed by atoms with Crippen molar-refractivity contribution in [3.8, 4) is 0 Å². The summed E-state index contributed by atoms with van der Waals surface area (Å²) in [5.41, 5.74) is 6.78. The van der Waals surface area contributed by atoms with E-state index >= 15 is 0 Å². The summed E-state index contributed by atoms with van der Waals surface area (Å²) in [5.74, 6) is -0.143. The van der Waals surface area contributed by atoms with E-state index in [0.29, 0.717) is 25.2 Å². The molecule has 1 aliphatic heterocycles. The van der Waals surface area contributed by atoms with Crippen LogP contribution in [0.25, 0.3) is 0 Å². The molecule has 1 aromatic rings. The minimum Gasteiger partial charge on any atom is -0.364 e. The predicted molar refractivity (Wildman–Crippen MR) is 74.6 cm³/mol. The van der Waals surface area contributed by atoms with Gasteiger partial charge in [0.05, 0.1) is 17.2 Å². The van der Waals surface area contributed by atoms with Crippen LogP contribution in [0.2, 0.25) is 0 Å². The Kier molecular flexibility index (Phi) is 4.10. The molecule has 0 amide bonds. The molecule has 0 radical (unpaired) electrons. The lowest BCUT2D eigenvalue weighted by atomic mass is 10.1. The maximum Gasteiger partial charge on any atom is 0.154 e. The summed E-state index contributed by atoms with van der Waals surface area (Å²) in [5, 5.41) is 0. The van der Waals surface area contributed by atoms with Crippen LogP contribution >= 0.6 is 0 Å². The molecule has 19 heavy (non-hydrogen) atoms. The van der Waals surface area contributed by atoms with Crippen molar-refractivity contribution in [1.82, 2.24) is 0 Å². The smallest absolute Gasteiger partial charge is 0.154 e. The first-order chi connectivity index (χ1) is 8.93. The zero-order chi connectivity index (χ0) is 14.0. The summed E-state index contributed by atoms with van der Waals surface area (Å²) in [4.78, 5) is 1.82. The standard InChI is InChI=1S/C13H19FN2O2S/c1-10-9-19(17,18)7-6-16(10)13-3-2-11(4-5-15)8-12(13)14/h2-3,8,10H,4-7,9,15H2,1H3. The number of nitrogens with zero attached hydrogens (tertiary/aromatic N) is 1. The van der Waals surface area contributed by atoms with Gasteiger partial charge in [0.25, 0.3) is 0 Å². The molecule has 0 aromatic heterocycles. The second-order valence-corrected chi connectivity index (χ2v) is 7.21. The van der Waals surface area contributed by atoms with Crippen LogP contribution in [0.3, 0.4) is 0 Å². The number of halogens is 1. The number of benzene rings is 1. The molecule has 0 spiro atoms. The normalized spacial score (nSPS) is 22.5. The highest BCUT2D eigenvalue weighted by atomic mass is 32.2. The average Bonchev–Trinajstić information content (AvgIpc) is 2.30. The van der Waals surface area contributed by atoms with E-state index in [0.717, 1.165) is 5.56 Å². The monoisotopic (exact) mass is 286 g/mol. The van der Waals surface area contributed by atoms with E-state index in [1.54, 1.807) is 6.07 Å². The molecule has 2 N–H and O–H groups in total. The predicted octanol–water partition coefficient (Wildman–Crippen LogP) is 0.950. The van der Waals surface area contributed by atoms with E-state index in [9.17, 15) is 12.8 Å². The van der Waals surface area contributed by atoms with E-state index in [2.05, 4.69) is 0 Å². The van der Waals surface area contributed by atoms with Gasteiger partial charge in [0, 0.05) is 12.6 Å². The Morgan fingerprint density at radius 1 is 1.47 bits per heavy atom. The van der Waals surface area contributed by atoms with Gasteiger partial charge >= 0.3 is 0 Å². The summed E-state index contributed by atoms with van der Waals surface area (Å²) in [6, 6.07) is 4.85. The Balaban J connectivity index is 2.23. The van der Waals surface area contributed by atoms with Crippen molar-refractivity contribution < 1.29 is 12.8 Å². The van der Waals surface area contributed by atoms with Crippen LogP contribution in [-0.2, 0) is 16.3 Å². The molecule has 0 saturated carbocycles. The van der Waals surface area contributed by atoms with Crippen molar-refractivity contribution >= 4 is 15.5 Å². The van der Waals surface area contributed by atoms with Crippen molar-refractivity contribution in [1.29, 1.82) is 0 Å². The summed E-state index contributed by atoms with van der Waals surface area (Å²) in [7, 11) is -2.98. The topological polar surface area (TPSA) is 63.4 Å². The van der Waals surface area contributed by atoms with Crippen molar-refractivity contribution in [2.75, 3.05) is 29.5 Å². The fraction of sp³-hybridized carbons (Fsp3) is 0.538. The lowest BCUT2D eigenvalue weighted by molar-refractivity contribution is 0.558. The SMILES string of the molecule is CC1CS(=O)(=O)CCN1c1ccc(CCN)cc1F. The highest BCUT2D eigenvalue weighted by Crippen LogP contribution is 2.25. The van der Waals surface area contributed by atoms with E-state index < -0.39 is 9.84 Å². The largest absolute Gasteiger partial charge is 0.364 e. The molecule has 0 aliphatic carbocycles. The molecular weight excluding hydrogens is 267 g/mol. The summed E-state index contributed by atoms with van der Waals surface area (Å²) < 4.78 is 37.1. The summed E-state index contributed by atoms with van der Waals surface area (Å²) >= 11 is 0. The maximum atomic E-state index is 14.1. The molecule has 106 valence electrons. The van der Waals surface area contributed by atoms with Crippen LogP contribution in [0.1, 0.15) is 12.5 Å². The average molecular weight is 286 g/mol. The Bertz CT molecular complexity index is 560. The van der Waals surface area contributed by atoms with Crippen LogP contribution in [0.5, 0.6) is 0 Å². The zero-order valence-electron chi connectivity index (χ0n) is 11.0. The molecule has 4 nitrogen and oxygen atoms in total. The lowest BCUT2D eigenvalue weighted by Crippen LogP contribution is -2.47. The molecule has 1 heterocycles. The van der Waals surface area contributed by atoms with Crippen molar-refractivity contribution in [2.24, 2.45) is 5.73 Å². The number of hydrogen-bond acceptors (Lipinski definition) is 4. The Morgan fingerprint density at radius 3 is 2.79 bits per heavy atom. The number of rotatable bonds is 3. The minimum absolute atomic E-state index is 0.0803. The van der Waals surface area contributed by atoms with E-state index in [1.807, 2.05) is 17.9 Å². The van der Waals surface area contributed by atoms with Gasteiger partial charge in [-0.1, -0.05) is 6.07 Å². The highest BCUT2D eigenvalue weighted by Gasteiger charge is 2.29. The van der Waals surface area contributed by atoms with Gasteiger partial charge in [0.1, 0.15) is 5.82 Å². The van der Waals surface area contributed by atoms with Gasteiger partial charge in [-0.15, -0.1) is 0 Å². The van der Waals surface area contributed by atoms with Crippen LogP contribution in [0, 0.1) is 5.82 Å². The number of sulfone groups is 1. The summed E-state index contributed by atoms with van der Waals surface area (Å²) in [6.07, 6.45) is 0.640. The maximum absolute atomic E-state index is 14.1. The fourth-order valence-corrected chi connectivity index (χ4v) is 4.02. The second-order valence-electron chi connectivity index (χ2n) is 4.98. The molecule has 1 aromatic carbocycles. The highest BCUT2D eigenvalue weighted by molar-refractivity contribution is 7.91. The van der Waals surface area contributed by atoms with Gasteiger partial charge in [0.15, 0.2) is 9.84 Å². The first-order valence-electron chi connectivity index (χ1n) is 6.38. The molecule has 2 rings (SSSR count). The molecule has 1 fully saturated rings. The number of anilines is 1. The van der Waals surface area contributed by atoms with Crippen LogP contribution in [0.4, 0.5) is 10.1 Å². The van der Waals surface area contributed by atoms with Crippen molar-refractivity contribution in [2.45, 2.75) is 19.4 Å². The third-order valence-electron chi connectivity index (χ3n) is 3.42. The van der Waals surface area contributed by atoms with Gasteiger partial charge in [-0.2, -0.15) is 0 Å². The van der Waals surface area contributed by atoms with Gasteiger partial charge < -0.3 is 10.6 Å². The van der Waals surface area contributed by atoms with E-state index in [4.69, 9.17) is 5.73 Å². The van der Waals surface area contributed by atoms with Gasteiger partial charge in [-0.25, -0.2) is 12.8 Å². The zero-order valence-corrected chi connectivity index (χ0v) is 11.8. The number of hydrogen-bond donors (Lipinski definition) is 1. The Labute approximate surface area is 113 Å². The first kappa shape index (κ1) is 14.3. The second kappa shape index (κ2) is 5.46. The van der Waals surface area contributed by atoms with Crippen LogP contribution in [0.15, 0.2) is 18.2 Å². The fourth-order valence-electron chi connectivity index (χ4n) is 2.46. The quantitative estimate of drug-likeness (QED) is 0.898. The first-order valence-corrected chi connectivity index (χ1v) is 8.20. The van der Waals surface area contributed by atoms with Gasteiger partial charge in [-0.3, -0.25) is 0 Å². The molecule has 1 unspecified atom stereocenters. The summed E-state index contributed by atoms with van der Waals surface area (Å²) in [6.45, 7) is 2.64. The van der Waals surface area contributed by atoms with E-state index in [-0.39, 0.29) is 23.4 Å². The molecule has 1 saturated heterocycles.